The van der Waals surface area contributed by atoms with Crippen molar-refractivity contribution in [1.82, 2.24) is 5.32 Å². The van der Waals surface area contributed by atoms with Crippen molar-refractivity contribution in [3.8, 4) is 5.75 Å². The molecule has 0 aliphatic rings. The molecule has 0 radical (unpaired) electrons. The summed E-state index contributed by atoms with van der Waals surface area (Å²) in [4.78, 5) is 10.9. The predicted molar refractivity (Wildman–Crippen MR) is 55.6 cm³/mol. The Morgan fingerprint density at radius 2 is 2.29 bits per heavy atom. The Morgan fingerprint density at radius 3 is 2.93 bits per heavy atom. The molecule has 0 saturated heterocycles. The van der Waals surface area contributed by atoms with Gasteiger partial charge < -0.3 is 15.4 Å². The van der Waals surface area contributed by atoms with Gasteiger partial charge in [-0.1, -0.05) is 6.07 Å². The number of carbonyl (C=O) groups excluding carboxylic acids is 1. The van der Waals surface area contributed by atoms with Crippen LogP contribution >= 0.6 is 0 Å². The fourth-order valence-corrected chi connectivity index (χ4v) is 1.00. The topological polar surface area (TPSA) is 50.4 Å². The first-order valence-electron chi connectivity index (χ1n) is 4.34. The molecular weight excluding hydrogens is 180 g/mol. The van der Waals surface area contributed by atoms with E-state index in [4.69, 9.17) is 4.74 Å². The summed E-state index contributed by atoms with van der Waals surface area (Å²) in [6.45, 7) is 0.268. The van der Waals surface area contributed by atoms with Crippen LogP contribution in [0.5, 0.6) is 5.75 Å². The lowest BCUT2D eigenvalue weighted by atomic mass is 10.3. The molecule has 0 fully saturated rings. The van der Waals surface area contributed by atoms with Gasteiger partial charge in [0.05, 0.1) is 13.7 Å². The molecule has 14 heavy (non-hydrogen) atoms. The first-order chi connectivity index (χ1) is 6.76. The lowest BCUT2D eigenvalue weighted by Crippen LogP contribution is -2.26. The molecule has 0 saturated carbocycles. The summed E-state index contributed by atoms with van der Waals surface area (Å²) in [5.41, 5.74) is 0.868. The van der Waals surface area contributed by atoms with Crippen molar-refractivity contribution in [3.63, 3.8) is 0 Å². The average molecular weight is 194 g/mol. The van der Waals surface area contributed by atoms with Gasteiger partial charge in [0.25, 0.3) is 0 Å². The number of benzene rings is 1. The van der Waals surface area contributed by atoms with Crippen molar-refractivity contribution in [3.05, 3.63) is 24.3 Å². The molecule has 4 nitrogen and oxygen atoms in total. The maximum atomic E-state index is 10.9. The van der Waals surface area contributed by atoms with E-state index in [9.17, 15) is 4.79 Å². The molecule has 1 aromatic carbocycles. The van der Waals surface area contributed by atoms with Gasteiger partial charge >= 0.3 is 0 Å². The zero-order valence-corrected chi connectivity index (χ0v) is 8.33. The molecule has 76 valence electrons. The monoisotopic (exact) mass is 194 g/mol. The Bertz CT molecular complexity index is 313. The highest BCUT2D eigenvalue weighted by Gasteiger charge is 1.98. The molecule has 0 unspecified atom stereocenters. The number of likely N-dealkylation sites (N-methyl/N-ethyl adjacent to an activating group) is 1. The number of hydrogen-bond donors (Lipinski definition) is 2. The smallest absolute Gasteiger partial charge is 0.239 e. The molecular formula is C10H14N2O2. The summed E-state index contributed by atoms with van der Waals surface area (Å²) in [6.07, 6.45) is 0. The highest BCUT2D eigenvalue weighted by atomic mass is 16.5. The quantitative estimate of drug-likeness (QED) is 0.747. The van der Waals surface area contributed by atoms with Crippen molar-refractivity contribution in [2.75, 3.05) is 26.0 Å². The first kappa shape index (κ1) is 10.4. The number of methoxy groups -OCH3 is 1. The van der Waals surface area contributed by atoms with Crippen molar-refractivity contribution in [2.45, 2.75) is 0 Å². The molecule has 1 amide bonds. The second kappa shape index (κ2) is 5.11. The van der Waals surface area contributed by atoms with Gasteiger partial charge in [0.2, 0.25) is 5.91 Å². The maximum Gasteiger partial charge on any atom is 0.239 e. The van der Waals surface area contributed by atoms with Crippen LogP contribution in [0.25, 0.3) is 0 Å². The number of ether oxygens (including phenoxy) is 1. The fraction of sp³-hybridized carbons (Fsp3) is 0.300. The van der Waals surface area contributed by atoms with E-state index in [0.29, 0.717) is 0 Å². The second-order valence-corrected chi connectivity index (χ2v) is 2.76. The largest absolute Gasteiger partial charge is 0.497 e. The van der Waals surface area contributed by atoms with Crippen molar-refractivity contribution >= 4 is 11.6 Å². The van der Waals surface area contributed by atoms with Crippen LogP contribution in [0.3, 0.4) is 0 Å². The van der Waals surface area contributed by atoms with E-state index in [-0.39, 0.29) is 12.5 Å². The molecule has 0 aliphatic heterocycles. The van der Waals surface area contributed by atoms with Crippen LogP contribution in [0.4, 0.5) is 5.69 Å². The van der Waals surface area contributed by atoms with E-state index in [1.807, 2.05) is 24.3 Å². The standard InChI is InChI=1S/C10H14N2O2/c1-11-10(13)7-12-8-4-3-5-9(6-8)14-2/h3-6,12H,7H2,1-2H3,(H,11,13). The SMILES string of the molecule is CNC(=O)CNc1cccc(OC)c1. The number of rotatable bonds is 4. The van der Waals surface area contributed by atoms with E-state index >= 15 is 0 Å². The van der Waals surface area contributed by atoms with Gasteiger partial charge in [-0.05, 0) is 12.1 Å². The molecule has 1 rings (SSSR count). The molecule has 0 bridgehead atoms. The van der Waals surface area contributed by atoms with E-state index in [2.05, 4.69) is 10.6 Å². The molecule has 4 heteroatoms. The first-order valence-corrected chi connectivity index (χ1v) is 4.34. The highest BCUT2D eigenvalue weighted by Crippen LogP contribution is 2.15. The van der Waals surface area contributed by atoms with Crippen LogP contribution in [0, 0.1) is 0 Å². The third kappa shape index (κ3) is 2.97. The molecule has 1 aromatic rings. The number of nitrogens with one attached hydrogen (secondary N) is 2. The molecule has 0 aliphatic carbocycles. The third-order valence-electron chi connectivity index (χ3n) is 1.80. The summed E-state index contributed by atoms with van der Waals surface area (Å²) in [7, 11) is 3.22. The van der Waals surface area contributed by atoms with Gasteiger partial charge in [-0.15, -0.1) is 0 Å². The zero-order valence-electron chi connectivity index (χ0n) is 8.33. The summed E-state index contributed by atoms with van der Waals surface area (Å²) in [5.74, 6) is 0.722. The Kier molecular flexibility index (Phi) is 3.79. The number of anilines is 1. The second-order valence-electron chi connectivity index (χ2n) is 2.76. The molecule has 0 spiro atoms. The molecule has 0 aromatic heterocycles. The Morgan fingerprint density at radius 1 is 1.50 bits per heavy atom. The van der Waals surface area contributed by atoms with E-state index in [1.165, 1.54) is 0 Å². The average Bonchev–Trinajstić information content (AvgIpc) is 2.26. The molecule has 2 N–H and O–H groups in total. The minimum Gasteiger partial charge on any atom is -0.497 e. The molecule has 0 atom stereocenters. The van der Waals surface area contributed by atoms with Crippen molar-refractivity contribution in [1.29, 1.82) is 0 Å². The van der Waals surface area contributed by atoms with Crippen LogP contribution < -0.4 is 15.4 Å². The highest BCUT2D eigenvalue weighted by molar-refractivity contribution is 5.80. The summed E-state index contributed by atoms with van der Waals surface area (Å²) < 4.78 is 5.05. The van der Waals surface area contributed by atoms with Crippen LogP contribution in [0.1, 0.15) is 0 Å². The summed E-state index contributed by atoms with van der Waals surface area (Å²) >= 11 is 0. The van der Waals surface area contributed by atoms with E-state index in [1.54, 1.807) is 14.2 Å². The van der Waals surface area contributed by atoms with E-state index < -0.39 is 0 Å². The Balaban J connectivity index is 2.54. The maximum absolute atomic E-state index is 10.9. The van der Waals surface area contributed by atoms with E-state index in [0.717, 1.165) is 11.4 Å². The summed E-state index contributed by atoms with van der Waals surface area (Å²) in [5, 5.41) is 5.51. The fourth-order valence-electron chi connectivity index (χ4n) is 1.00. The third-order valence-corrected chi connectivity index (χ3v) is 1.80. The van der Waals surface area contributed by atoms with Crippen LogP contribution in [-0.4, -0.2) is 26.6 Å². The van der Waals surface area contributed by atoms with Gasteiger partial charge in [0.15, 0.2) is 0 Å². The number of carbonyl (C=O) groups is 1. The Labute approximate surface area is 83.3 Å². The summed E-state index contributed by atoms with van der Waals surface area (Å²) in [6, 6.07) is 7.44. The van der Waals surface area contributed by atoms with Crippen molar-refractivity contribution in [2.24, 2.45) is 0 Å². The molecule has 0 heterocycles. The minimum absolute atomic E-state index is 0.0483. The lowest BCUT2D eigenvalue weighted by molar-refractivity contribution is -0.118. The van der Waals surface area contributed by atoms with Gasteiger partial charge in [0, 0.05) is 18.8 Å². The van der Waals surface area contributed by atoms with Gasteiger partial charge in [-0.3, -0.25) is 4.79 Å². The normalized spacial score (nSPS) is 9.29. The number of amides is 1. The van der Waals surface area contributed by atoms with Crippen LogP contribution in [0.15, 0.2) is 24.3 Å². The zero-order chi connectivity index (χ0) is 10.4. The van der Waals surface area contributed by atoms with Crippen molar-refractivity contribution < 1.29 is 9.53 Å². The minimum atomic E-state index is -0.0483. The predicted octanol–water partition coefficient (Wildman–Crippen LogP) is 0.853. The Hall–Kier alpha value is -1.71. The van der Waals surface area contributed by atoms with Gasteiger partial charge in [-0.2, -0.15) is 0 Å². The number of hydrogen-bond acceptors (Lipinski definition) is 3. The lowest BCUT2D eigenvalue weighted by Gasteiger charge is -2.06. The van der Waals surface area contributed by atoms with Gasteiger partial charge in [0.1, 0.15) is 5.75 Å². The van der Waals surface area contributed by atoms with Crippen LogP contribution in [-0.2, 0) is 4.79 Å². The van der Waals surface area contributed by atoms with Gasteiger partial charge in [-0.25, -0.2) is 0 Å². The van der Waals surface area contributed by atoms with Crippen LogP contribution in [0.2, 0.25) is 0 Å².